The number of thioether (sulfide) groups is 6. The Kier molecular flexibility index (Phi) is 8.64. The highest BCUT2D eigenvalue weighted by Crippen LogP contribution is 2.55. The first-order valence-corrected chi connectivity index (χ1v) is 14.3. The lowest BCUT2D eigenvalue weighted by Gasteiger charge is -2.28. The van der Waals surface area contributed by atoms with Crippen LogP contribution in [0.5, 0.6) is 0 Å². The summed E-state index contributed by atoms with van der Waals surface area (Å²) in [7, 11) is 0. The van der Waals surface area contributed by atoms with E-state index in [1.165, 1.54) is 11.1 Å². The van der Waals surface area contributed by atoms with E-state index in [4.69, 9.17) is 0 Å². The molecule has 2 nitrogen and oxygen atoms in total. The van der Waals surface area contributed by atoms with Crippen LogP contribution >= 0.6 is 70.6 Å². The lowest BCUT2D eigenvalue weighted by atomic mass is 10.0. The Balaban J connectivity index is 1.84. The highest BCUT2D eigenvalue weighted by Gasteiger charge is 2.34. The molecular weight excluding hydrogens is 441 g/mol. The average molecular weight is 463 g/mol. The molecule has 0 saturated heterocycles. The first-order valence-electron chi connectivity index (χ1n) is 8.10. The largest absolute Gasteiger partial charge is 0.391 e. The van der Waals surface area contributed by atoms with Crippen molar-refractivity contribution in [2.24, 2.45) is 0 Å². The number of benzene rings is 1. The molecular formula is C18H22O2S6. The van der Waals surface area contributed by atoms with Crippen molar-refractivity contribution in [1.29, 1.82) is 0 Å². The zero-order valence-corrected chi connectivity index (χ0v) is 19.4. The smallest absolute Gasteiger partial charge is 0.0748 e. The molecule has 0 bridgehead atoms. The first kappa shape index (κ1) is 21.4. The number of aliphatic hydroxyl groups excluding tert-OH is 2. The van der Waals surface area contributed by atoms with E-state index >= 15 is 0 Å². The Morgan fingerprint density at radius 3 is 1.58 bits per heavy atom. The maximum Gasteiger partial charge on any atom is 0.0748 e. The van der Waals surface area contributed by atoms with Gasteiger partial charge in [-0.3, -0.25) is 0 Å². The summed E-state index contributed by atoms with van der Waals surface area (Å²) in [5.41, 5.74) is 2.80. The van der Waals surface area contributed by atoms with E-state index < -0.39 is 0 Å². The van der Waals surface area contributed by atoms with Crippen LogP contribution in [0, 0.1) is 0 Å². The molecule has 2 aliphatic heterocycles. The van der Waals surface area contributed by atoms with Crippen LogP contribution in [0.2, 0.25) is 0 Å². The molecule has 142 valence electrons. The third-order valence-electron chi connectivity index (χ3n) is 4.13. The number of hydrogen-bond donors (Lipinski definition) is 2. The zero-order valence-electron chi connectivity index (χ0n) is 14.5. The molecule has 0 radical (unpaired) electrons. The Morgan fingerprint density at radius 1 is 0.846 bits per heavy atom. The molecule has 4 unspecified atom stereocenters. The monoisotopic (exact) mass is 462 g/mol. The van der Waals surface area contributed by atoms with Crippen LogP contribution in [0.15, 0.2) is 44.9 Å². The standard InChI is InChI=1S/C18H22O2S6/c1-21-15(17-23-9-11(7-19)25-17)13-5-3-4-6-14(13)16(22-2)18-24-10-12(8-20)26-18/h3-6,9-10,15-20H,7-8H2,1-2H3. The minimum Gasteiger partial charge on any atom is -0.391 e. The average Bonchev–Trinajstić information content (AvgIpc) is 3.34. The van der Waals surface area contributed by atoms with Gasteiger partial charge in [-0.25, -0.2) is 0 Å². The van der Waals surface area contributed by atoms with E-state index in [9.17, 15) is 10.2 Å². The van der Waals surface area contributed by atoms with Crippen LogP contribution < -0.4 is 0 Å². The van der Waals surface area contributed by atoms with Crippen molar-refractivity contribution in [2.75, 3.05) is 25.7 Å². The van der Waals surface area contributed by atoms with Gasteiger partial charge in [0.25, 0.3) is 0 Å². The van der Waals surface area contributed by atoms with Gasteiger partial charge in [-0.1, -0.05) is 24.3 Å². The second-order valence-electron chi connectivity index (χ2n) is 5.67. The molecule has 3 rings (SSSR count). The Bertz CT molecular complexity index is 620. The van der Waals surface area contributed by atoms with Gasteiger partial charge in [0.15, 0.2) is 0 Å². The van der Waals surface area contributed by atoms with E-state index in [-0.39, 0.29) is 13.2 Å². The van der Waals surface area contributed by atoms with Crippen LogP contribution in [-0.2, 0) is 0 Å². The minimum absolute atomic E-state index is 0.134. The summed E-state index contributed by atoms with van der Waals surface area (Å²) in [6, 6.07) is 8.80. The van der Waals surface area contributed by atoms with Gasteiger partial charge in [0.05, 0.1) is 32.9 Å². The molecule has 0 amide bonds. The van der Waals surface area contributed by atoms with Gasteiger partial charge in [-0.15, -0.1) is 47.0 Å². The summed E-state index contributed by atoms with van der Waals surface area (Å²) < 4.78 is 0.789. The Morgan fingerprint density at radius 2 is 1.27 bits per heavy atom. The van der Waals surface area contributed by atoms with E-state index in [1.807, 2.05) is 47.0 Å². The van der Waals surface area contributed by atoms with E-state index in [0.717, 1.165) is 9.81 Å². The molecule has 26 heavy (non-hydrogen) atoms. The molecule has 0 fully saturated rings. The fraction of sp³-hybridized carbons (Fsp3) is 0.444. The lowest BCUT2D eigenvalue weighted by molar-refractivity contribution is 0.339. The van der Waals surface area contributed by atoms with Gasteiger partial charge in [0.2, 0.25) is 0 Å². The van der Waals surface area contributed by atoms with Gasteiger partial charge in [0, 0.05) is 9.81 Å². The van der Waals surface area contributed by atoms with Crippen LogP contribution in [-0.4, -0.2) is 45.1 Å². The molecule has 8 heteroatoms. The molecule has 2 heterocycles. The molecule has 0 saturated carbocycles. The third kappa shape index (κ3) is 4.82. The predicted molar refractivity (Wildman–Crippen MR) is 127 cm³/mol. The summed E-state index contributed by atoms with van der Waals surface area (Å²) in [6.45, 7) is 0.268. The second kappa shape index (κ2) is 10.5. The van der Waals surface area contributed by atoms with Crippen LogP contribution in [0.3, 0.4) is 0 Å². The molecule has 2 aliphatic rings. The van der Waals surface area contributed by atoms with E-state index in [1.54, 1.807) is 23.5 Å². The Hall–Kier alpha value is 0.720. The summed E-state index contributed by atoms with van der Waals surface area (Å²) in [5, 5.41) is 23.8. The van der Waals surface area contributed by atoms with E-state index in [2.05, 4.69) is 47.6 Å². The summed E-state index contributed by atoms with van der Waals surface area (Å²) in [5.74, 6) is 0. The SMILES string of the molecule is CSC(c1ccccc1C(SC)C1SC=C(CO)S1)C1SC=C(CO)S1. The van der Waals surface area contributed by atoms with Crippen LogP contribution in [0.4, 0.5) is 0 Å². The van der Waals surface area contributed by atoms with E-state index in [0.29, 0.717) is 19.7 Å². The highest BCUT2D eigenvalue weighted by atomic mass is 32.2. The number of rotatable bonds is 8. The quantitative estimate of drug-likeness (QED) is 0.504. The predicted octanol–water partition coefficient (Wildman–Crippen LogP) is 5.77. The maximum atomic E-state index is 9.44. The first-order chi connectivity index (χ1) is 12.7. The second-order valence-corrected chi connectivity index (χ2v) is 12.8. The molecule has 0 spiro atoms. The van der Waals surface area contributed by atoms with Crippen LogP contribution in [0.1, 0.15) is 21.6 Å². The van der Waals surface area contributed by atoms with Gasteiger partial charge < -0.3 is 10.2 Å². The molecule has 1 aromatic rings. The molecule has 0 aliphatic carbocycles. The number of aliphatic hydroxyl groups is 2. The Labute approximate surface area is 181 Å². The molecule has 0 aromatic heterocycles. The van der Waals surface area contributed by atoms with Crippen molar-refractivity contribution >= 4 is 70.6 Å². The third-order valence-corrected chi connectivity index (χ3v) is 12.5. The van der Waals surface area contributed by atoms with Crippen LogP contribution in [0.25, 0.3) is 0 Å². The summed E-state index contributed by atoms with van der Waals surface area (Å²) >= 11 is 11.0. The fourth-order valence-electron chi connectivity index (χ4n) is 2.91. The molecule has 2 N–H and O–H groups in total. The van der Waals surface area contributed by atoms with Crippen molar-refractivity contribution in [2.45, 2.75) is 19.7 Å². The summed E-state index contributed by atoms with van der Waals surface area (Å²) in [4.78, 5) is 2.13. The van der Waals surface area contributed by atoms with Gasteiger partial charge >= 0.3 is 0 Å². The number of hydrogen-bond acceptors (Lipinski definition) is 8. The molecule has 1 aromatic carbocycles. The summed E-state index contributed by atoms with van der Waals surface area (Å²) in [6.07, 6.45) is 4.36. The lowest BCUT2D eigenvalue weighted by Crippen LogP contribution is -2.14. The van der Waals surface area contributed by atoms with Crippen molar-refractivity contribution in [3.8, 4) is 0 Å². The van der Waals surface area contributed by atoms with Gasteiger partial charge in [-0.2, -0.15) is 23.5 Å². The topological polar surface area (TPSA) is 40.5 Å². The van der Waals surface area contributed by atoms with Crippen molar-refractivity contribution < 1.29 is 10.2 Å². The fourth-order valence-corrected chi connectivity index (χ4v) is 11.2. The van der Waals surface area contributed by atoms with Gasteiger partial charge in [0.1, 0.15) is 0 Å². The van der Waals surface area contributed by atoms with Crippen molar-refractivity contribution in [3.05, 3.63) is 56.0 Å². The zero-order chi connectivity index (χ0) is 18.5. The maximum absolute atomic E-state index is 9.44. The van der Waals surface area contributed by atoms with Crippen molar-refractivity contribution in [3.63, 3.8) is 0 Å². The van der Waals surface area contributed by atoms with Gasteiger partial charge in [-0.05, 0) is 34.5 Å². The highest BCUT2D eigenvalue weighted by molar-refractivity contribution is 8.24. The van der Waals surface area contributed by atoms with Crippen molar-refractivity contribution in [1.82, 2.24) is 0 Å². The normalized spacial score (nSPS) is 25.1. The minimum atomic E-state index is 0.134. The molecule has 4 atom stereocenters.